The molecule has 1 aromatic carbocycles. The standard InChI is InChI=1S/C13H14FN3O3/c1-3-4-16-8-10(7-15-16)9-5-11(14)13(17(18)19)12(6-9)20-2/h5-8H,3-4H2,1-2H3. The number of aromatic nitrogens is 2. The minimum absolute atomic E-state index is 0.103. The van der Waals surface area contributed by atoms with Gasteiger partial charge in [-0.15, -0.1) is 0 Å². The average molecular weight is 279 g/mol. The lowest BCUT2D eigenvalue weighted by atomic mass is 10.1. The molecule has 0 aliphatic carbocycles. The summed E-state index contributed by atoms with van der Waals surface area (Å²) in [5.41, 5.74) is 0.523. The van der Waals surface area contributed by atoms with E-state index in [1.54, 1.807) is 17.1 Å². The molecule has 2 aromatic rings. The molecule has 0 N–H and O–H groups in total. The third-order valence-electron chi connectivity index (χ3n) is 2.85. The van der Waals surface area contributed by atoms with Crippen LogP contribution < -0.4 is 4.74 Å². The molecule has 6 nitrogen and oxygen atoms in total. The molecule has 1 heterocycles. The number of nitro benzene ring substituents is 1. The first-order valence-corrected chi connectivity index (χ1v) is 6.11. The van der Waals surface area contributed by atoms with E-state index in [1.807, 2.05) is 6.92 Å². The van der Waals surface area contributed by atoms with Gasteiger partial charge in [-0.1, -0.05) is 6.92 Å². The molecule has 0 radical (unpaired) electrons. The molecule has 0 saturated heterocycles. The van der Waals surface area contributed by atoms with Gasteiger partial charge in [0.05, 0.1) is 18.2 Å². The number of nitro groups is 1. The Bertz CT molecular complexity index is 640. The molecule has 1 aromatic heterocycles. The maximum absolute atomic E-state index is 13.8. The van der Waals surface area contributed by atoms with Crippen molar-refractivity contribution in [3.05, 3.63) is 40.5 Å². The Morgan fingerprint density at radius 1 is 1.45 bits per heavy atom. The van der Waals surface area contributed by atoms with Crippen LogP contribution in [0.5, 0.6) is 5.75 Å². The Hall–Kier alpha value is -2.44. The Morgan fingerprint density at radius 3 is 2.80 bits per heavy atom. The van der Waals surface area contributed by atoms with E-state index in [0.717, 1.165) is 19.0 Å². The van der Waals surface area contributed by atoms with Gasteiger partial charge >= 0.3 is 5.69 Å². The second-order valence-electron chi connectivity index (χ2n) is 4.26. The SMILES string of the molecule is CCCn1cc(-c2cc(F)c([N+](=O)[O-])c(OC)c2)cn1. The number of rotatable bonds is 5. The van der Waals surface area contributed by atoms with E-state index in [0.29, 0.717) is 11.1 Å². The van der Waals surface area contributed by atoms with Crippen molar-refractivity contribution in [2.45, 2.75) is 19.9 Å². The first kappa shape index (κ1) is 14.0. The van der Waals surface area contributed by atoms with Crippen molar-refractivity contribution in [1.82, 2.24) is 9.78 Å². The molecule has 0 aliphatic heterocycles. The van der Waals surface area contributed by atoms with Crippen LogP contribution in [0.3, 0.4) is 0 Å². The molecular formula is C13H14FN3O3. The molecule has 0 unspecified atom stereocenters. The highest BCUT2D eigenvalue weighted by Gasteiger charge is 2.23. The van der Waals surface area contributed by atoms with Gasteiger partial charge in [-0.25, -0.2) is 0 Å². The summed E-state index contributed by atoms with van der Waals surface area (Å²) >= 11 is 0. The van der Waals surface area contributed by atoms with Crippen molar-refractivity contribution in [3.63, 3.8) is 0 Å². The number of nitrogens with zero attached hydrogens (tertiary/aromatic N) is 3. The molecule has 106 valence electrons. The van der Waals surface area contributed by atoms with Gasteiger partial charge in [0.1, 0.15) is 0 Å². The van der Waals surface area contributed by atoms with Crippen LogP contribution in [-0.4, -0.2) is 21.8 Å². The maximum Gasteiger partial charge on any atom is 0.346 e. The van der Waals surface area contributed by atoms with Crippen molar-refractivity contribution < 1.29 is 14.1 Å². The fourth-order valence-electron chi connectivity index (χ4n) is 1.94. The minimum Gasteiger partial charge on any atom is -0.490 e. The second-order valence-corrected chi connectivity index (χ2v) is 4.26. The van der Waals surface area contributed by atoms with Crippen LogP contribution in [0.2, 0.25) is 0 Å². The van der Waals surface area contributed by atoms with Gasteiger partial charge in [-0.05, 0) is 24.1 Å². The van der Waals surface area contributed by atoms with Crippen LogP contribution in [0.15, 0.2) is 24.5 Å². The van der Waals surface area contributed by atoms with Gasteiger partial charge in [-0.2, -0.15) is 9.49 Å². The number of hydrogen-bond donors (Lipinski definition) is 0. The average Bonchev–Trinajstić information content (AvgIpc) is 2.86. The zero-order valence-electron chi connectivity index (χ0n) is 11.2. The van der Waals surface area contributed by atoms with Gasteiger partial charge in [0.15, 0.2) is 0 Å². The van der Waals surface area contributed by atoms with Crippen LogP contribution in [0.25, 0.3) is 11.1 Å². The van der Waals surface area contributed by atoms with Gasteiger partial charge in [0.2, 0.25) is 11.6 Å². The predicted octanol–water partition coefficient (Wildman–Crippen LogP) is 3.02. The molecular weight excluding hydrogens is 265 g/mol. The van der Waals surface area contributed by atoms with Crippen molar-refractivity contribution in [1.29, 1.82) is 0 Å². The summed E-state index contributed by atoms with van der Waals surface area (Å²) in [4.78, 5) is 10.0. The molecule has 2 rings (SSSR count). The lowest BCUT2D eigenvalue weighted by Gasteiger charge is -2.05. The molecule has 20 heavy (non-hydrogen) atoms. The Balaban J connectivity index is 2.47. The van der Waals surface area contributed by atoms with Crippen molar-refractivity contribution in [2.24, 2.45) is 0 Å². The lowest BCUT2D eigenvalue weighted by Crippen LogP contribution is -1.98. The van der Waals surface area contributed by atoms with Crippen molar-refractivity contribution in [3.8, 4) is 16.9 Å². The highest BCUT2D eigenvalue weighted by Crippen LogP contribution is 2.34. The van der Waals surface area contributed by atoms with Crippen molar-refractivity contribution >= 4 is 5.69 Å². The van der Waals surface area contributed by atoms with Crippen molar-refractivity contribution in [2.75, 3.05) is 7.11 Å². The normalized spacial score (nSPS) is 10.6. The van der Waals surface area contributed by atoms with Gasteiger partial charge in [0.25, 0.3) is 0 Å². The topological polar surface area (TPSA) is 70.2 Å². The minimum atomic E-state index is -0.924. The molecule has 0 amide bonds. The molecule has 0 saturated carbocycles. The smallest absolute Gasteiger partial charge is 0.346 e. The Kier molecular flexibility index (Phi) is 3.97. The predicted molar refractivity (Wildman–Crippen MR) is 71.1 cm³/mol. The van der Waals surface area contributed by atoms with Crippen LogP contribution in [0.4, 0.5) is 10.1 Å². The summed E-state index contributed by atoms with van der Waals surface area (Å²) in [6.45, 7) is 2.78. The molecule has 0 aliphatic rings. The van der Waals surface area contributed by atoms with Gasteiger partial charge in [-0.3, -0.25) is 14.8 Å². The molecule has 0 fully saturated rings. The largest absolute Gasteiger partial charge is 0.490 e. The number of benzene rings is 1. The van der Waals surface area contributed by atoms with E-state index in [-0.39, 0.29) is 5.75 Å². The summed E-state index contributed by atoms with van der Waals surface area (Å²) in [5.74, 6) is -1.03. The van der Waals surface area contributed by atoms with Crippen LogP contribution >= 0.6 is 0 Å². The summed E-state index contributed by atoms with van der Waals surface area (Å²) in [6.07, 6.45) is 4.29. The number of aryl methyl sites for hydroxylation is 1. The number of hydrogen-bond acceptors (Lipinski definition) is 4. The highest BCUT2D eigenvalue weighted by atomic mass is 19.1. The molecule has 0 bridgehead atoms. The maximum atomic E-state index is 13.8. The van der Waals surface area contributed by atoms with Crippen LogP contribution in [0, 0.1) is 15.9 Å². The van der Waals surface area contributed by atoms with E-state index in [9.17, 15) is 14.5 Å². The quantitative estimate of drug-likeness (QED) is 0.623. The Labute approximate surface area is 114 Å². The van der Waals surface area contributed by atoms with E-state index >= 15 is 0 Å². The van der Waals surface area contributed by atoms with E-state index < -0.39 is 16.4 Å². The molecule has 7 heteroatoms. The monoisotopic (exact) mass is 279 g/mol. The summed E-state index contributed by atoms with van der Waals surface area (Å²) in [5, 5.41) is 15.0. The summed E-state index contributed by atoms with van der Waals surface area (Å²) < 4.78 is 20.5. The fourth-order valence-corrected chi connectivity index (χ4v) is 1.94. The van der Waals surface area contributed by atoms with E-state index in [1.165, 1.54) is 13.2 Å². The highest BCUT2D eigenvalue weighted by molar-refractivity contribution is 5.67. The zero-order valence-corrected chi connectivity index (χ0v) is 11.2. The summed E-state index contributed by atoms with van der Waals surface area (Å²) in [7, 11) is 1.27. The number of methoxy groups -OCH3 is 1. The fraction of sp³-hybridized carbons (Fsp3) is 0.308. The zero-order chi connectivity index (χ0) is 14.7. The number of halogens is 1. The molecule has 0 spiro atoms. The first-order chi connectivity index (χ1) is 9.56. The second kappa shape index (κ2) is 5.68. The third kappa shape index (κ3) is 2.61. The third-order valence-corrected chi connectivity index (χ3v) is 2.85. The molecule has 0 atom stereocenters. The van der Waals surface area contributed by atoms with Gasteiger partial charge < -0.3 is 4.74 Å². The van der Waals surface area contributed by atoms with Crippen LogP contribution in [-0.2, 0) is 6.54 Å². The van der Waals surface area contributed by atoms with E-state index in [4.69, 9.17) is 4.74 Å². The first-order valence-electron chi connectivity index (χ1n) is 6.11. The Morgan fingerprint density at radius 2 is 2.20 bits per heavy atom. The number of ether oxygens (including phenoxy) is 1. The van der Waals surface area contributed by atoms with Gasteiger partial charge in [0, 0.05) is 18.3 Å². The lowest BCUT2D eigenvalue weighted by molar-refractivity contribution is -0.388. The van der Waals surface area contributed by atoms with E-state index in [2.05, 4.69) is 5.10 Å². The summed E-state index contributed by atoms with van der Waals surface area (Å²) in [6, 6.07) is 2.56. The van der Waals surface area contributed by atoms with Crippen LogP contribution in [0.1, 0.15) is 13.3 Å².